The third-order valence-electron chi connectivity index (χ3n) is 3.77. The molecule has 3 N–H and O–H groups in total. The fraction of sp³-hybridized carbons (Fsp3) is 0.588. The number of hydrogen-bond acceptors (Lipinski definition) is 4. The van der Waals surface area contributed by atoms with Crippen LogP contribution in [-0.4, -0.2) is 53.4 Å². The van der Waals surface area contributed by atoms with Gasteiger partial charge in [0.2, 0.25) is 10.0 Å². The Labute approximate surface area is 150 Å². The SMILES string of the molecule is CCNC(=NCCCNS(C)(=O)=O)NCCc1ccc2c(c1)CCO2. The van der Waals surface area contributed by atoms with Crippen LogP contribution in [0.5, 0.6) is 5.75 Å². The zero-order valence-corrected chi connectivity index (χ0v) is 15.8. The summed E-state index contributed by atoms with van der Waals surface area (Å²) in [6, 6.07) is 6.36. The molecule has 0 aromatic heterocycles. The van der Waals surface area contributed by atoms with Crippen molar-refractivity contribution in [1.29, 1.82) is 0 Å². The average molecular weight is 369 g/mol. The molecular weight excluding hydrogens is 340 g/mol. The Morgan fingerprint density at radius 2 is 2.12 bits per heavy atom. The maximum atomic E-state index is 11.0. The molecule has 1 aromatic rings. The van der Waals surface area contributed by atoms with E-state index in [0.29, 0.717) is 19.5 Å². The highest BCUT2D eigenvalue weighted by Crippen LogP contribution is 2.25. The number of rotatable bonds is 9. The van der Waals surface area contributed by atoms with Gasteiger partial charge in [-0.2, -0.15) is 0 Å². The molecule has 2 rings (SSSR count). The Morgan fingerprint density at radius 3 is 2.88 bits per heavy atom. The first-order valence-corrected chi connectivity index (χ1v) is 10.6. The summed E-state index contributed by atoms with van der Waals surface area (Å²) in [6.07, 6.45) is 3.72. The van der Waals surface area contributed by atoms with Crippen molar-refractivity contribution in [3.8, 4) is 5.75 Å². The lowest BCUT2D eigenvalue weighted by molar-refractivity contribution is 0.357. The highest BCUT2D eigenvalue weighted by molar-refractivity contribution is 7.88. The lowest BCUT2D eigenvalue weighted by Gasteiger charge is -2.11. The third-order valence-corrected chi connectivity index (χ3v) is 4.50. The highest BCUT2D eigenvalue weighted by atomic mass is 32.2. The standard InChI is InChI=1S/C17H28N4O3S/c1-3-18-17(19-9-4-10-21-25(2,22)23)20-11-7-14-5-6-16-15(13-14)8-12-24-16/h5-6,13,21H,3-4,7-12H2,1-2H3,(H2,18,19,20). The molecule has 0 radical (unpaired) electrons. The summed E-state index contributed by atoms with van der Waals surface area (Å²) in [5.74, 6) is 1.76. The Morgan fingerprint density at radius 1 is 1.28 bits per heavy atom. The van der Waals surface area contributed by atoms with Gasteiger partial charge in [-0.3, -0.25) is 4.99 Å². The predicted octanol–water partition coefficient (Wildman–Crippen LogP) is 0.658. The van der Waals surface area contributed by atoms with Crippen molar-refractivity contribution in [3.05, 3.63) is 29.3 Å². The van der Waals surface area contributed by atoms with Crippen LogP contribution in [0.3, 0.4) is 0 Å². The molecule has 8 heteroatoms. The van der Waals surface area contributed by atoms with Crippen molar-refractivity contribution in [1.82, 2.24) is 15.4 Å². The van der Waals surface area contributed by atoms with E-state index in [9.17, 15) is 8.42 Å². The van der Waals surface area contributed by atoms with Gasteiger partial charge >= 0.3 is 0 Å². The summed E-state index contributed by atoms with van der Waals surface area (Å²) >= 11 is 0. The molecule has 0 atom stereocenters. The number of fused-ring (bicyclic) bond motifs is 1. The van der Waals surface area contributed by atoms with Crippen LogP contribution >= 0.6 is 0 Å². The average Bonchev–Trinajstić information content (AvgIpc) is 3.01. The van der Waals surface area contributed by atoms with Crippen LogP contribution in [0.2, 0.25) is 0 Å². The summed E-state index contributed by atoms with van der Waals surface area (Å²) in [5.41, 5.74) is 2.57. The van der Waals surface area contributed by atoms with Gasteiger partial charge in [-0.05, 0) is 37.0 Å². The van der Waals surface area contributed by atoms with Gasteiger partial charge in [0.1, 0.15) is 5.75 Å². The summed E-state index contributed by atoms with van der Waals surface area (Å²) in [5, 5.41) is 6.51. The van der Waals surface area contributed by atoms with Gasteiger partial charge in [-0.1, -0.05) is 12.1 Å². The zero-order valence-electron chi connectivity index (χ0n) is 15.0. The molecule has 0 spiro atoms. The van der Waals surface area contributed by atoms with Gasteiger partial charge < -0.3 is 15.4 Å². The van der Waals surface area contributed by atoms with Gasteiger partial charge in [0.25, 0.3) is 0 Å². The normalized spacial score (nSPS) is 14.1. The largest absolute Gasteiger partial charge is 0.493 e. The van der Waals surface area contributed by atoms with Crippen molar-refractivity contribution in [3.63, 3.8) is 0 Å². The molecule has 7 nitrogen and oxygen atoms in total. The monoisotopic (exact) mass is 368 g/mol. The predicted molar refractivity (Wildman–Crippen MR) is 101 cm³/mol. The van der Waals surface area contributed by atoms with Crippen molar-refractivity contribution >= 4 is 16.0 Å². The lowest BCUT2D eigenvalue weighted by atomic mass is 10.1. The van der Waals surface area contributed by atoms with Crippen LogP contribution in [0, 0.1) is 0 Å². The molecule has 1 aromatic carbocycles. The number of hydrogen-bond donors (Lipinski definition) is 3. The number of aliphatic imine (C=N–C) groups is 1. The molecule has 1 aliphatic rings. The Hall–Kier alpha value is -1.80. The molecule has 140 valence electrons. The van der Waals surface area contributed by atoms with Crippen molar-refractivity contribution in [2.45, 2.75) is 26.2 Å². The minimum atomic E-state index is -3.12. The molecule has 0 unspecified atom stereocenters. The van der Waals surface area contributed by atoms with E-state index in [-0.39, 0.29) is 0 Å². The Balaban J connectivity index is 1.74. The number of nitrogens with zero attached hydrogens (tertiary/aromatic N) is 1. The summed E-state index contributed by atoms with van der Waals surface area (Å²) in [6.45, 7) is 5.33. The topological polar surface area (TPSA) is 91.8 Å². The van der Waals surface area contributed by atoms with E-state index < -0.39 is 10.0 Å². The molecule has 1 heterocycles. The second kappa shape index (κ2) is 9.62. The maximum absolute atomic E-state index is 11.0. The first-order chi connectivity index (χ1) is 12.0. The van der Waals surface area contributed by atoms with Crippen LogP contribution in [-0.2, 0) is 22.9 Å². The van der Waals surface area contributed by atoms with E-state index in [2.05, 4.69) is 32.5 Å². The number of guanidine groups is 1. The highest BCUT2D eigenvalue weighted by Gasteiger charge is 2.11. The van der Waals surface area contributed by atoms with Crippen LogP contribution in [0.1, 0.15) is 24.5 Å². The van der Waals surface area contributed by atoms with E-state index in [0.717, 1.165) is 50.5 Å². The minimum absolute atomic E-state index is 0.402. The van der Waals surface area contributed by atoms with Gasteiger partial charge in [0.15, 0.2) is 5.96 Å². The van der Waals surface area contributed by atoms with E-state index in [1.54, 1.807) is 0 Å². The van der Waals surface area contributed by atoms with Crippen LogP contribution in [0.25, 0.3) is 0 Å². The number of sulfonamides is 1. The van der Waals surface area contributed by atoms with Crippen LogP contribution < -0.4 is 20.1 Å². The van der Waals surface area contributed by atoms with Crippen molar-refractivity contribution in [2.24, 2.45) is 4.99 Å². The molecular formula is C17H28N4O3S. The van der Waals surface area contributed by atoms with Gasteiger partial charge in [0, 0.05) is 32.6 Å². The smallest absolute Gasteiger partial charge is 0.208 e. The minimum Gasteiger partial charge on any atom is -0.493 e. The van der Waals surface area contributed by atoms with E-state index in [1.165, 1.54) is 11.1 Å². The fourth-order valence-corrected chi connectivity index (χ4v) is 3.11. The third kappa shape index (κ3) is 7.31. The van der Waals surface area contributed by atoms with Crippen LogP contribution in [0.4, 0.5) is 0 Å². The molecule has 0 amide bonds. The summed E-state index contributed by atoms with van der Waals surface area (Å²) in [4.78, 5) is 4.46. The molecule has 0 fully saturated rings. The summed E-state index contributed by atoms with van der Waals surface area (Å²) in [7, 11) is -3.12. The second-order valence-electron chi connectivity index (χ2n) is 6.00. The van der Waals surface area contributed by atoms with E-state index in [4.69, 9.17) is 4.74 Å². The molecule has 0 bridgehead atoms. The molecule has 1 aliphatic heterocycles. The van der Waals surface area contributed by atoms with E-state index >= 15 is 0 Å². The maximum Gasteiger partial charge on any atom is 0.208 e. The quantitative estimate of drug-likeness (QED) is 0.338. The molecule has 0 saturated carbocycles. The van der Waals surface area contributed by atoms with Crippen LogP contribution in [0.15, 0.2) is 23.2 Å². The zero-order chi connectivity index (χ0) is 18.1. The van der Waals surface area contributed by atoms with Crippen molar-refractivity contribution in [2.75, 3.05) is 39.0 Å². The first-order valence-electron chi connectivity index (χ1n) is 8.69. The number of benzene rings is 1. The Bertz CT molecular complexity index is 689. The molecule has 0 saturated heterocycles. The molecule has 25 heavy (non-hydrogen) atoms. The lowest BCUT2D eigenvalue weighted by Crippen LogP contribution is -2.38. The summed E-state index contributed by atoms with van der Waals surface area (Å²) < 4.78 is 30.0. The van der Waals surface area contributed by atoms with Gasteiger partial charge in [-0.15, -0.1) is 0 Å². The number of ether oxygens (including phenoxy) is 1. The van der Waals surface area contributed by atoms with Crippen molar-refractivity contribution < 1.29 is 13.2 Å². The van der Waals surface area contributed by atoms with Gasteiger partial charge in [-0.25, -0.2) is 13.1 Å². The Kier molecular flexibility index (Phi) is 7.52. The first kappa shape index (κ1) is 19.5. The number of nitrogens with one attached hydrogen (secondary N) is 3. The van der Waals surface area contributed by atoms with E-state index in [1.807, 2.05) is 13.0 Å². The second-order valence-corrected chi connectivity index (χ2v) is 7.83. The van der Waals surface area contributed by atoms with Gasteiger partial charge in [0.05, 0.1) is 12.9 Å². The fourth-order valence-electron chi connectivity index (χ4n) is 2.59. The molecule has 0 aliphatic carbocycles.